The second-order valence-corrected chi connectivity index (χ2v) is 5.22. The van der Waals surface area contributed by atoms with Gasteiger partial charge in [0.1, 0.15) is 5.75 Å². The van der Waals surface area contributed by atoms with Gasteiger partial charge in [-0.3, -0.25) is 4.79 Å². The van der Waals surface area contributed by atoms with E-state index in [-0.39, 0.29) is 18.5 Å². The lowest BCUT2D eigenvalue weighted by molar-refractivity contribution is -0.118. The van der Waals surface area contributed by atoms with Gasteiger partial charge in [-0.25, -0.2) is 0 Å². The molecule has 0 bridgehead atoms. The van der Waals surface area contributed by atoms with E-state index in [4.69, 9.17) is 25.7 Å². The van der Waals surface area contributed by atoms with Crippen molar-refractivity contribution in [3.8, 4) is 17.2 Å². The van der Waals surface area contributed by atoms with E-state index >= 15 is 0 Å². The molecule has 0 aliphatic rings. The number of amides is 1. The van der Waals surface area contributed by atoms with Gasteiger partial charge in [0.05, 0.1) is 26.1 Å². The van der Waals surface area contributed by atoms with Gasteiger partial charge < -0.3 is 31.0 Å². The quantitative estimate of drug-likeness (QED) is 0.364. The highest BCUT2D eigenvalue weighted by atomic mass is 16.5. The number of guanidine groups is 1. The molecule has 9 nitrogen and oxygen atoms in total. The third-order valence-electron chi connectivity index (χ3n) is 3.31. The maximum absolute atomic E-state index is 12.1. The van der Waals surface area contributed by atoms with Gasteiger partial charge in [-0.1, -0.05) is 12.1 Å². The molecule has 0 atom stereocenters. The Labute approximate surface area is 156 Å². The Kier molecular flexibility index (Phi) is 7.00. The van der Waals surface area contributed by atoms with E-state index < -0.39 is 0 Å². The molecule has 2 aromatic rings. The van der Waals surface area contributed by atoms with Gasteiger partial charge in [0.15, 0.2) is 18.1 Å². The first-order valence-corrected chi connectivity index (χ1v) is 7.89. The molecule has 0 radical (unpaired) electrons. The fourth-order valence-corrected chi connectivity index (χ4v) is 2.12. The van der Waals surface area contributed by atoms with Crippen LogP contribution in [-0.2, 0) is 4.79 Å². The largest absolute Gasteiger partial charge is 0.495 e. The molecular formula is C18H21N5O4. The van der Waals surface area contributed by atoms with Gasteiger partial charge in [0, 0.05) is 0 Å². The SMILES string of the molecule is COc1ccccc1NC(=O)COc1ccc(C=NN=C(N)N)cc1OC. The van der Waals surface area contributed by atoms with E-state index in [2.05, 4.69) is 15.5 Å². The number of hydrogen-bond donors (Lipinski definition) is 3. The zero-order valence-corrected chi connectivity index (χ0v) is 15.0. The third-order valence-corrected chi connectivity index (χ3v) is 3.31. The minimum absolute atomic E-state index is 0.140. The molecular weight excluding hydrogens is 350 g/mol. The van der Waals surface area contributed by atoms with Crippen molar-refractivity contribution >= 4 is 23.8 Å². The van der Waals surface area contributed by atoms with E-state index in [0.717, 1.165) is 0 Å². The number of nitrogens with one attached hydrogen (secondary N) is 1. The van der Waals surface area contributed by atoms with E-state index in [1.807, 2.05) is 6.07 Å². The Bertz CT molecular complexity index is 847. The molecule has 0 aliphatic carbocycles. The van der Waals surface area contributed by atoms with Crippen LogP contribution < -0.4 is 31.0 Å². The molecule has 142 valence electrons. The van der Waals surface area contributed by atoms with Crippen LogP contribution >= 0.6 is 0 Å². The average Bonchev–Trinajstić information content (AvgIpc) is 2.67. The van der Waals surface area contributed by atoms with Gasteiger partial charge in [0.2, 0.25) is 5.96 Å². The Morgan fingerprint density at radius 3 is 2.52 bits per heavy atom. The number of benzene rings is 2. The molecule has 9 heteroatoms. The monoisotopic (exact) mass is 371 g/mol. The third kappa shape index (κ3) is 5.92. The molecule has 0 unspecified atom stereocenters. The zero-order chi connectivity index (χ0) is 19.6. The highest BCUT2D eigenvalue weighted by Crippen LogP contribution is 2.28. The number of nitrogens with zero attached hydrogens (tertiary/aromatic N) is 2. The number of hydrogen-bond acceptors (Lipinski definition) is 6. The van der Waals surface area contributed by atoms with E-state index in [0.29, 0.717) is 28.5 Å². The summed E-state index contributed by atoms with van der Waals surface area (Å²) in [6, 6.07) is 12.2. The van der Waals surface area contributed by atoms with Gasteiger partial charge in [0.25, 0.3) is 5.91 Å². The second-order valence-electron chi connectivity index (χ2n) is 5.22. The van der Waals surface area contributed by atoms with Gasteiger partial charge in [-0.05, 0) is 35.9 Å². The first-order chi connectivity index (χ1) is 13.0. The number of methoxy groups -OCH3 is 2. The van der Waals surface area contributed by atoms with Crippen molar-refractivity contribution < 1.29 is 19.0 Å². The fourth-order valence-electron chi connectivity index (χ4n) is 2.12. The van der Waals surface area contributed by atoms with Crippen LogP contribution in [0.4, 0.5) is 5.69 Å². The predicted molar refractivity (Wildman–Crippen MR) is 104 cm³/mol. The Balaban J connectivity index is 2.01. The lowest BCUT2D eigenvalue weighted by atomic mass is 10.2. The molecule has 0 fully saturated rings. The summed E-state index contributed by atoms with van der Waals surface area (Å²) in [5.41, 5.74) is 11.7. The smallest absolute Gasteiger partial charge is 0.262 e. The average molecular weight is 371 g/mol. The summed E-state index contributed by atoms with van der Waals surface area (Å²) >= 11 is 0. The van der Waals surface area contributed by atoms with Crippen LogP contribution in [0.15, 0.2) is 52.7 Å². The minimum atomic E-state index is -0.333. The number of anilines is 1. The molecule has 5 N–H and O–H groups in total. The number of para-hydroxylation sites is 2. The summed E-state index contributed by atoms with van der Waals surface area (Å²) < 4.78 is 16.0. The van der Waals surface area contributed by atoms with Crippen LogP contribution in [0, 0.1) is 0 Å². The van der Waals surface area contributed by atoms with Gasteiger partial charge >= 0.3 is 0 Å². The van der Waals surface area contributed by atoms with Crippen LogP contribution in [-0.4, -0.2) is 38.9 Å². The van der Waals surface area contributed by atoms with Crippen LogP contribution in [0.3, 0.4) is 0 Å². The molecule has 0 saturated heterocycles. The fraction of sp³-hybridized carbons (Fsp3) is 0.167. The van der Waals surface area contributed by atoms with E-state index in [1.165, 1.54) is 20.4 Å². The van der Waals surface area contributed by atoms with Crippen molar-refractivity contribution in [2.24, 2.45) is 21.7 Å². The minimum Gasteiger partial charge on any atom is -0.495 e. The normalized spacial score (nSPS) is 10.3. The molecule has 0 spiro atoms. The topological polar surface area (TPSA) is 134 Å². The summed E-state index contributed by atoms with van der Waals surface area (Å²) in [6.07, 6.45) is 1.46. The van der Waals surface area contributed by atoms with E-state index in [9.17, 15) is 4.79 Å². The summed E-state index contributed by atoms with van der Waals surface area (Å²) in [4.78, 5) is 12.1. The zero-order valence-electron chi connectivity index (χ0n) is 15.0. The number of carbonyl (C=O) groups excluding carboxylic acids is 1. The summed E-state index contributed by atoms with van der Waals surface area (Å²) in [5, 5.41) is 9.97. The van der Waals surface area contributed by atoms with Crippen LogP contribution in [0.5, 0.6) is 17.2 Å². The van der Waals surface area contributed by atoms with Gasteiger partial charge in [-0.15, -0.1) is 5.10 Å². The Morgan fingerprint density at radius 1 is 1.07 bits per heavy atom. The summed E-state index contributed by atoms with van der Waals surface area (Å²) in [5.74, 6) is 0.937. The summed E-state index contributed by atoms with van der Waals surface area (Å²) in [6.45, 7) is -0.199. The highest BCUT2D eigenvalue weighted by Gasteiger charge is 2.10. The number of rotatable bonds is 8. The molecule has 2 aromatic carbocycles. The van der Waals surface area contributed by atoms with Crippen LogP contribution in [0.25, 0.3) is 0 Å². The Hall–Kier alpha value is -3.75. The lowest BCUT2D eigenvalue weighted by Gasteiger charge is -2.12. The number of nitrogens with two attached hydrogens (primary N) is 2. The van der Waals surface area contributed by atoms with Crippen molar-refractivity contribution in [3.05, 3.63) is 48.0 Å². The summed E-state index contributed by atoms with van der Waals surface area (Å²) in [7, 11) is 3.03. The molecule has 1 amide bonds. The van der Waals surface area contributed by atoms with Crippen molar-refractivity contribution in [1.82, 2.24) is 0 Å². The highest BCUT2D eigenvalue weighted by molar-refractivity contribution is 5.93. The van der Waals surface area contributed by atoms with Crippen LogP contribution in [0.1, 0.15) is 5.56 Å². The van der Waals surface area contributed by atoms with Gasteiger partial charge in [-0.2, -0.15) is 5.10 Å². The molecule has 0 heterocycles. The van der Waals surface area contributed by atoms with Crippen molar-refractivity contribution in [3.63, 3.8) is 0 Å². The Morgan fingerprint density at radius 2 is 1.81 bits per heavy atom. The predicted octanol–water partition coefficient (Wildman–Crippen LogP) is 1.33. The molecule has 0 aliphatic heterocycles. The number of ether oxygens (including phenoxy) is 3. The molecule has 27 heavy (non-hydrogen) atoms. The molecule has 0 saturated carbocycles. The first kappa shape index (κ1) is 19.6. The second kappa shape index (κ2) is 9.66. The lowest BCUT2D eigenvalue weighted by Crippen LogP contribution is -2.21. The van der Waals surface area contributed by atoms with E-state index in [1.54, 1.807) is 36.4 Å². The maximum Gasteiger partial charge on any atom is 0.262 e. The maximum atomic E-state index is 12.1. The van der Waals surface area contributed by atoms with Crippen LogP contribution in [0.2, 0.25) is 0 Å². The number of carbonyl (C=O) groups is 1. The van der Waals surface area contributed by atoms with Crippen molar-refractivity contribution in [2.75, 3.05) is 26.1 Å². The van der Waals surface area contributed by atoms with Crippen molar-refractivity contribution in [2.45, 2.75) is 0 Å². The first-order valence-electron chi connectivity index (χ1n) is 7.89. The standard InChI is InChI=1S/C18H21N5O4/c1-25-14-6-4-3-5-13(14)22-17(24)11-27-15-8-7-12(9-16(15)26-2)10-21-23-18(19)20/h3-10H,11H2,1-2H3,(H,22,24)(H4,19,20,23). The van der Waals surface area contributed by atoms with Crippen molar-refractivity contribution in [1.29, 1.82) is 0 Å². The molecule has 2 rings (SSSR count). The molecule has 0 aromatic heterocycles.